The van der Waals surface area contributed by atoms with Crippen molar-refractivity contribution >= 4 is 45.7 Å². The van der Waals surface area contributed by atoms with Crippen LogP contribution in [0, 0.1) is 0 Å². The molecule has 22 heavy (non-hydrogen) atoms. The van der Waals surface area contributed by atoms with Crippen LogP contribution in [0.4, 0.5) is 5.69 Å². The van der Waals surface area contributed by atoms with Gasteiger partial charge in [0.2, 0.25) is 0 Å². The predicted octanol–water partition coefficient (Wildman–Crippen LogP) is 5.76. The van der Waals surface area contributed by atoms with Crippen LogP contribution < -0.4 is 5.73 Å². The average molecular weight is 332 g/mol. The lowest BCUT2D eigenvalue weighted by molar-refractivity contribution is 0.475. The number of nitrogen functional groups attached to an aromatic ring is 1. The molecule has 0 atom stereocenters. The van der Waals surface area contributed by atoms with Gasteiger partial charge >= 0.3 is 0 Å². The van der Waals surface area contributed by atoms with E-state index in [1.165, 1.54) is 0 Å². The number of hydrogen-bond donors (Lipinski definition) is 2. The van der Waals surface area contributed by atoms with Gasteiger partial charge in [-0.2, -0.15) is 0 Å². The standard InChI is InChI=1S/C12H10O.C6H5Cl2N/c1-2-10-11-6-4-3-5-9(11)7-8-12(10)13;7-4-1-2-5(8)6(9)3-4/h2-8,13H,1H2;1-3H,9H2. The summed E-state index contributed by atoms with van der Waals surface area (Å²) in [7, 11) is 0. The summed E-state index contributed by atoms with van der Waals surface area (Å²) in [6.45, 7) is 3.68. The van der Waals surface area contributed by atoms with Crippen LogP contribution in [0.15, 0.2) is 61.2 Å². The summed E-state index contributed by atoms with van der Waals surface area (Å²) in [6.07, 6.45) is 1.68. The monoisotopic (exact) mass is 331 g/mol. The number of rotatable bonds is 1. The van der Waals surface area contributed by atoms with Crippen molar-refractivity contribution in [1.29, 1.82) is 0 Å². The molecule has 0 saturated heterocycles. The number of nitrogens with two attached hydrogens (primary N) is 1. The van der Waals surface area contributed by atoms with Gasteiger partial charge in [-0.25, -0.2) is 0 Å². The third kappa shape index (κ3) is 3.73. The smallest absolute Gasteiger partial charge is 0.123 e. The Morgan fingerprint density at radius 3 is 2.36 bits per heavy atom. The van der Waals surface area contributed by atoms with E-state index in [1.807, 2.05) is 30.3 Å². The van der Waals surface area contributed by atoms with E-state index in [1.54, 1.807) is 30.3 Å². The predicted molar refractivity (Wildman–Crippen MR) is 96.6 cm³/mol. The fraction of sp³-hybridized carbons (Fsp3) is 0. The summed E-state index contributed by atoms with van der Waals surface area (Å²) in [5.74, 6) is 0.286. The summed E-state index contributed by atoms with van der Waals surface area (Å²) in [5.41, 5.74) is 6.73. The van der Waals surface area contributed by atoms with Crippen LogP contribution in [-0.4, -0.2) is 5.11 Å². The van der Waals surface area contributed by atoms with E-state index >= 15 is 0 Å². The molecule has 4 heteroatoms. The van der Waals surface area contributed by atoms with Crippen molar-refractivity contribution in [2.24, 2.45) is 0 Å². The molecule has 3 aromatic carbocycles. The molecule has 0 radical (unpaired) electrons. The molecule has 0 aromatic heterocycles. The summed E-state index contributed by atoms with van der Waals surface area (Å²) in [5, 5.41) is 12.8. The Kier molecular flexibility index (Phi) is 5.31. The summed E-state index contributed by atoms with van der Waals surface area (Å²) in [6, 6.07) is 16.5. The van der Waals surface area contributed by atoms with Gasteiger partial charge in [0.05, 0.1) is 10.7 Å². The second-order valence-electron chi connectivity index (χ2n) is 4.59. The third-order valence-corrected chi connectivity index (χ3v) is 3.69. The Morgan fingerprint density at radius 1 is 1.00 bits per heavy atom. The molecule has 0 bridgehead atoms. The second kappa shape index (κ2) is 7.21. The quantitative estimate of drug-likeness (QED) is 0.556. The number of aromatic hydroxyl groups is 1. The minimum atomic E-state index is 0.286. The minimum absolute atomic E-state index is 0.286. The van der Waals surface area contributed by atoms with Crippen molar-refractivity contribution in [1.82, 2.24) is 0 Å². The molecule has 3 aromatic rings. The number of benzene rings is 3. The van der Waals surface area contributed by atoms with Gasteiger partial charge in [-0.1, -0.05) is 66.2 Å². The average Bonchev–Trinajstić information content (AvgIpc) is 2.52. The van der Waals surface area contributed by atoms with Crippen molar-refractivity contribution in [2.45, 2.75) is 0 Å². The Morgan fingerprint density at radius 2 is 1.73 bits per heavy atom. The molecule has 0 saturated carbocycles. The SMILES string of the molecule is C=Cc1c(O)ccc2ccccc12.Nc1cc(Cl)ccc1Cl. The molecule has 112 valence electrons. The van der Waals surface area contributed by atoms with Crippen molar-refractivity contribution in [3.05, 3.63) is 76.8 Å². The fourth-order valence-electron chi connectivity index (χ4n) is 2.01. The molecule has 0 amide bonds. The first-order valence-corrected chi connectivity index (χ1v) is 7.32. The largest absolute Gasteiger partial charge is 0.507 e. The lowest BCUT2D eigenvalue weighted by Gasteiger charge is -2.03. The van der Waals surface area contributed by atoms with Gasteiger partial charge in [0.1, 0.15) is 5.75 Å². The van der Waals surface area contributed by atoms with Crippen molar-refractivity contribution in [2.75, 3.05) is 5.73 Å². The van der Waals surface area contributed by atoms with Gasteiger partial charge in [-0.3, -0.25) is 0 Å². The van der Waals surface area contributed by atoms with E-state index in [0.29, 0.717) is 15.7 Å². The second-order valence-corrected chi connectivity index (χ2v) is 5.43. The molecule has 2 nitrogen and oxygen atoms in total. The van der Waals surface area contributed by atoms with Gasteiger partial charge < -0.3 is 10.8 Å². The van der Waals surface area contributed by atoms with E-state index in [2.05, 4.69) is 6.58 Å². The highest BCUT2D eigenvalue weighted by atomic mass is 35.5. The highest BCUT2D eigenvalue weighted by Gasteiger charge is 2.01. The molecule has 0 unspecified atom stereocenters. The maximum atomic E-state index is 9.54. The van der Waals surface area contributed by atoms with Crippen LogP contribution in [0.3, 0.4) is 0 Å². The molecule has 0 spiro atoms. The number of hydrogen-bond acceptors (Lipinski definition) is 2. The number of halogens is 2. The van der Waals surface area contributed by atoms with Crippen LogP contribution in [-0.2, 0) is 0 Å². The Balaban J connectivity index is 0.000000172. The Hall–Kier alpha value is -2.16. The minimum Gasteiger partial charge on any atom is -0.507 e. The maximum absolute atomic E-state index is 9.54. The van der Waals surface area contributed by atoms with Crippen LogP contribution in [0.1, 0.15) is 5.56 Å². The lowest BCUT2D eigenvalue weighted by atomic mass is 10.0. The topological polar surface area (TPSA) is 46.2 Å². The van der Waals surface area contributed by atoms with Gasteiger partial charge in [0, 0.05) is 10.6 Å². The van der Waals surface area contributed by atoms with Crippen LogP contribution in [0.25, 0.3) is 16.8 Å². The van der Waals surface area contributed by atoms with E-state index in [9.17, 15) is 5.11 Å². The highest BCUT2D eigenvalue weighted by Crippen LogP contribution is 2.27. The van der Waals surface area contributed by atoms with E-state index in [-0.39, 0.29) is 5.75 Å². The number of phenolic OH excluding ortho intramolecular Hbond substituents is 1. The molecule has 0 fully saturated rings. The number of phenols is 1. The molecular formula is C18H15Cl2NO. The van der Waals surface area contributed by atoms with Crippen molar-refractivity contribution in [3.63, 3.8) is 0 Å². The zero-order chi connectivity index (χ0) is 16.1. The zero-order valence-electron chi connectivity index (χ0n) is 11.8. The normalized spacial score (nSPS) is 9.91. The maximum Gasteiger partial charge on any atom is 0.123 e. The Bertz CT molecular complexity index is 815. The summed E-state index contributed by atoms with van der Waals surface area (Å²) < 4.78 is 0. The fourth-order valence-corrected chi connectivity index (χ4v) is 2.31. The zero-order valence-corrected chi connectivity index (χ0v) is 13.3. The Labute approximate surface area is 139 Å². The number of anilines is 1. The molecule has 0 aliphatic heterocycles. The first-order valence-electron chi connectivity index (χ1n) is 6.56. The van der Waals surface area contributed by atoms with E-state index in [4.69, 9.17) is 28.9 Å². The molecule has 0 aliphatic carbocycles. The first kappa shape index (κ1) is 16.2. The lowest BCUT2D eigenvalue weighted by Crippen LogP contribution is -1.83. The molecule has 0 heterocycles. The van der Waals surface area contributed by atoms with Gasteiger partial charge in [0.15, 0.2) is 0 Å². The molecule has 0 aliphatic rings. The highest BCUT2D eigenvalue weighted by molar-refractivity contribution is 6.35. The van der Waals surface area contributed by atoms with Crippen LogP contribution in [0.5, 0.6) is 5.75 Å². The molecule has 3 rings (SSSR count). The first-order chi connectivity index (χ1) is 10.5. The third-order valence-electron chi connectivity index (χ3n) is 3.11. The number of fused-ring (bicyclic) bond motifs is 1. The van der Waals surface area contributed by atoms with Gasteiger partial charge in [0.25, 0.3) is 0 Å². The molecule has 3 N–H and O–H groups in total. The van der Waals surface area contributed by atoms with Gasteiger partial charge in [-0.05, 0) is 35.0 Å². The van der Waals surface area contributed by atoms with E-state index < -0.39 is 0 Å². The van der Waals surface area contributed by atoms with Crippen LogP contribution in [0.2, 0.25) is 10.0 Å². The van der Waals surface area contributed by atoms with E-state index in [0.717, 1.165) is 16.3 Å². The van der Waals surface area contributed by atoms with Gasteiger partial charge in [-0.15, -0.1) is 0 Å². The van der Waals surface area contributed by atoms with Crippen molar-refractivity contribution in [3.8, 4) is 5.75 Å². The summed E-state index contributed by atoms with van der Waals surface area (Å²) in [4.78, 5) is 0. The summed E-state index contributed by atoms with van der Waals surface area (Å²) >= 11 is 11.2. The van der Waals surface area contributed by atoms with Crippen molar-refractivity contribution < 1.29 is 5.11 Å². The van der Waals surface area contributed by atoms with Crippen LogP contribution >= 0.6 is 23.2 Å². The molecular weight excluding hydrogens is 317 g/mol.